The Morgan fingerprint density at radius 3 is 3.00 bits per heavy atom. The highest BCUT2D eigenvalue weighted by Crippen LogP contribution is 2.23. The molecule has 1 fully saturated rings. The molecule has 1 saturated heterocycles. The van der Waals surface area contributed by atoms with Crippen molar-refractivity contribution in [2.24, 2.45) is 5.92 Å². The summed E-state index contributed by atoms with van der Waals surface area (Å²) in [7, 11) is 0. The average molecular weight is 280 g/mol. The molecule has 2 heterocycles. The van der Waals surface area contributed by atoms with Crippen LogP contribution in [0.1, 0.15) is 33.2 Å². The van der Waals surface area contributed by atoms with Crippen LogP contribution >= 0.6 is 0 Å². The van der Waals surface area contributed by atoms with Crippen molar-refractivity contribution in [3.63, 3.8) is 0 Å². The van der Waals surface area contributed by atoms with E-state index < -0.39 is 0 Å². The summed E-state index contributed by atoms with van der Waals surface area (Å²) in [5.41, 5.74) is 0. The van der Waals surface area contributed by atoms with Crippen LogP contribution in [0.5, 0.6) is 0 Å². The summed E-state index contributed by atoms with van der Waals surface area (Å²) in [6.45, 7) is 7.45. The lowest BCUT2D eigenvalue weighted by Gasteiger charge is -2.24. The molecule has 112 valence electrons. The molecule has 0 spiro atoms. The van der Waals surface area contributed by atoms with E-state index in [0.717, 1.165) is 18.8 Å². The van der Waals surface area contributed by atoms with Crippen LogP contribution in [0.15, 0.2) is 12.3 Å². The lowest BCUT2D eigenvalue weighted by atomic mass is 10.0. The van der Waals surface area contributed by atoms with Gasteiger partial charge in [-0.2, -0.15) is 5.10 Å². The molecular formula is C14H24N4O2. The smallest absolute Gasteiger partial charge is 0.239 e. The Balaban J connectivity index is 1.94. The van der Waals surface area contributed by atoms with Gasteiger partial charge in [-0.25, -0.2) is 4.68 Å². The van der Waals surface area contributed by atoms with Gasteiger partial charge in [0.2, 0.25) is 5.91 Å². The molecule has 6 nitrogen and oxygen atoms in total. The third-order valence-electron chi connectivity index (χ3n) is 3.96. The highest BCUT2D eigenvalue weighted by atomic mass is 16.3. The summed E-state index contributed by atoms with van der Waals surface area (Å²) >= 11 is 0. The normalized spacial score (nSPS) is 23.4. The van der Waals surface area contributed by atoms with Gasteiger partial charge in [0, 0.05) is 18.2 Å². The van der Waals surface area contributed by atoms with Crippen LogP contribution in [0.25, 0.3) is 0 Å². The van der Waals surface area contributed by atoms with Gasteiger partial charge in [-0.3, -0.25) is 9.69 Å². The van der Waals surface area contributed by atoms with Crippen LogP contribution in [-0.2, 0) is 4.79 Å². The quantitative estimate of drug-likeness (QED) is 0.847. The van der Waals surface area contributed by atoms with E-state index in [0.29, 0.717) is 12.5 Å². The predicted octanol–water partition coefficient (Wildman–Crippen LogP) is 1.11. The van der Waals surface area contributed by atoms with E-state index in [2.05, 4.69) is 22.2 Å². The molecule has 1 amide bonds. The maximum absolute atomic E-state index is 12.1. The minimum atomic E-state index is -0.0556. The van der Waals surface area contributed by atoms with E-state index in [9.17, 15) is 9.90 Å². The Hall–Kier alpha value is -1.40. The van der Waals surface area contributed by atoms with Gasteiger partial charge in [0.25, 0.3) is 0 Å². The molecule has 2 unspecified atom stereocenters. The van der Waals surface area contributed by atoms with Gasteiger partial charge in [0.15, 0.2) is 0 Å². The number of anilines is 1. The lowest BCUT2D eigenvalue weighted by Crippen LogP contribution is -2.40. The number of nitrogens with zero attached hydrogens (tertiary/aromatic N) is 3. The third-order valence-corrected chi connectivity index (χ3v) is 3.96. The summed E-state index contributed by atoms with van der Waals surface area (Å²) in [5.74, 6) is 1.10. The second kappa shape index (κ2) is 6.37. The number of likely N-dealkylation sites (tertiary alicyclic amines) is 1. The Labute approximate surface area is 119 Å². The van der Waals surface area contributed by atoms with Crippen LogP contribution in [-0.4, -0.2) is 51.4 Å². The zero-order chi connectivity index (χ0) is 14.7. The van der Waals surface area contributed by atoms with Gasteiger partial charge in [0.1, 0.15) is 5.82 Å². The van der Waals surface area contributed by atoms with Crippen molar-refractivity contribution in [1.29, 1.82) is 0 Å². The SMILES string of the molecule is CC1CCN(CC(=O)Nc2ccnn2C(C)C)C1CO. The number of carbonyl (C=O) groups excluding carboxylic acids is 1. The van der Waals surface area contributed by atoms with Crippen LogP contribution in [0, 0.1) is 5.92 Å². The number of carbonyl (C=O) groups is 1. The molecule has 2 N–H and O–H groups in total. The monoisotopic (exact) mass is 280 g/mol. The van der Waals surface area contributed by atoms with Gasteiger partial charge in [-0.05, 0) is 32.7 Å². The first-order valence-corrected chi connectivity index (χ1v) is 7.21. The molecule has 1 aromatic heterocycles. The van der Waals surface area contributed by atoms with E-state index in [-0.39, 0.29) is 24.6 Å². The van der Waals surface area contributed by atoms with E-state index in [1.54, 1.807) is 16.9 Å². The number of nitrogens with one attached hydrogen (secondary N) is 1. The van der Waals surface area contributed by atoms with Crippen molar-refractivity contribution in [1.82, 2.24) is 14.7 Å². The largest absolute Gasteiger partial charge is 0.395 e. The first-order chi connectivity index (χ1) is 9.52. The predicted molar refractivity (Wildman–Crippen MR) is 77.5 cm³/mol. The lowest BCUT2D eigenvalue weighted by molar-refractivity contribution is -0.117. The Kier molecular flexibility index (Phi) is 4.77. The minimum Gasteiger partial charge on any atom is -0.395 e. The van der Waals surface area contributed by atoms with Gasteiger partial charge in [0.05, 0.1) is 19.3 Å². The van der Waals surface area contributed by atoms with Crippen molar-refractivity contribution in [2.45, 2.75) is 39.3 Å². The number of aliphatic hydroxyl groups excluding tert-OH is 1. The minimum absolute atomic E-state index is 0.0556. The Bertz CT molecular complexity index is 458. The van der Waals surface area contributed by atoms with E-state index in [4.69, 9.17) is 0 Å². The highest BCUT2D eigenvalue weighted by molar-refractivity contribution is 5.91. The molecule has 2 rings (SSSR count). The van der Waals surface area contributed by atoms with Gasteiger partial charge < -0.3 is 10.4 Å². The zero-order valence-electron chi connectivity index (χ0n) is 12.4. The summed E-state index contributed by atoms with van der Waals surface area (Å²) in [5, 5.41) is 16.5. The number of hydrogen-bond donors (Lipinski definition) is 2. The standard InChI is InChI=1S/C14H24N4O2/c1-10(2)18-13(4-6-15-18)16-14(20)8-17-7-5-11(3)12(17)9-19/h4,6,10-12,19H,5,7-9H2,1-3H3,(H,16,20). The average Bonchev–Trinajstić information content (AvgIpc) is 2.96. The van der Waals surface area contributed by atoms with Crippen molar-refractivity contribution in [3.8, 4) is 0 Å². The molecule has 1 aromatic rings. The topological polar surface area (TPSA) is 70.4 Å². The van der Waals surface area contributed by atoms with Crippen LogP contribution in [0.2, 0.25) is 0 Å². The number of rotatable bonds is 5. The summed E-state index contributed by atoms with van der Waals surface area (Å²) in [4.78, 5) is 14.2. The van der Waals surface area contributed by atoms with E-state index in [1.807, 2.05) is 13.8 Å². The molecule has 6 heteroatoms. The fraction of sp³-hybridized carbons (Fsp3) is 0.714. The zero-order valence-corrected chi connectivity index (χ0v) is 12.4. The molecule has 0 aliphatic carbocycles. The van der Waals surface area contributed by atoms with Crippen LogP contribution < -0.4 is 5.32 Å². The second-order valence-corrected chi connectivity index (χ2v) is 5.79. The van der Waals surface area contributed by atoms with Gasteiger partial charge >= 0.3 is 0 Å². The third kappa shape index (κ3) is 3.19. The maximum atomic E-state index is 12.1. The molecule has 20 heavy (non-hydrogen) atoms. The molecule has 2 atom stereocenters. The Morgan fingerprint density at radius 1 is 1.60 bits per heavy atom. The molecule has 0 bridgehead atoms. The van der Waals surface area contributed by atoms with Crippen molar-refractivity contribution >= 4 is 11.7 Å². The number of aliphatic hydroxyl groups is 1. The van der Waals surface area contributed by atoms with E-state index >= 15 is 0 Å². The molecule has 1 aliphatic heterocycles. The maximum Gasteiger partial charge on any atom is 0.239 e. The van der Waals surface area contributed by atoms with Gasteiger partial charge in [-0.15, -0.1) is 0 Å². The molecule has 1 aliphatic rings. The summed E-state index contributed by atoms with van der Waals surface area (Å²) < 4.78 is 1.79. The highest BCUT2D eigenvalue weighted by Gasteiger charge is 2.31. The van der Waals surface area contributed by atoms with Crippen LogP contribution in [0.4, 0.5) is 5.82 Å². The fourth-order valence-corrected chi connectivity index (χ4v) is 2.77. The molecular weight excluding hydrogens is 256 g/mol. The van der Waals surface area contributed by atoms with Crippen molar-refractivity contribution in [3.05, 3.63) is 12.3 Å². The van der Waals surface area contributed by atoms with Gasteiger partial charge in [-0.1, -0.05) is 6.92 Å². The molecule has 0 saturated carbocycles. The number of hydrogen-bond acceptors (Lipinski definition) is 4. The second-order valence-electron chi connectivity index (χ2n) is 5.79. The summed E-state index contributed by atoms with van der Waals surface area (Å²) in [6.07, 6.45) is 2.71. The Morgan fingerprint density at radius 2 is 2.35 bits per heavy atom. The molecule has 0 radical (unpaired) electrons. The first kappa shape index (κ1) is 15.0. The van der Waals surface area contributed by atoms with Crippen molar-refractivity contribution < 1.29 is 9.90 Å². The fourth-order valence-electron chi connectivity index (χ4n) is 2.77. The van der Waals surface area contributed by atoms with E-state index in [1.165, 1.54) is 0 Å². The first-order valence-electron chi connectivity index (χ1n) is 7.21. The van der Waals surface area contributed by atoms with Crippen LogP contribution in [0.3, 0.4) is 0 Å². The molecule has 0 aromatic carbocycles. The number of amides is 1. The number of aromatic nitrogens is 2. The summed E-state index contributed by atoms with van der Waals surface area (Å²) in [6, 6.07) is 2.10. The van der Waals surface area contributed by atoms with Crippen molar-refractivity contribution in [2.75, 3.05) is 25.0 Å².